The highest BCUT2D eigenvalue weighted by Gasteiger charge is 2.02. The van der Waals surface area contributed by atoms with E-state index in [1.54, 1.807) is 0 Å². The van der Waals surface area contributed by atoms with Crippen LogP contribution >= 0.6 is 0 Å². The summed E-state index contributed by atoms with van der Waals surface area (Å²) in [5.74, 6) is 0. The number of aliphatic hydroxyl groups excluding tert-OH is 1. The van der Waals surface area contributed by atoms with E-state index in [9.17, 15) is 0 Å². The minimum absolute atomic E-state index is 0.190. The van der Waals surface area contributed by atoms with Gasteiger partial charge >= 0.3 is 0 Å². The van der Waals surface area contributed by atoms with Crippen LogP contribution in [0.3, 0.4) is 0 Å². The highest BCUT2D eigenvalue weighted by Crippen LogP contribution is 2.06. The lowest BCUT2D eigenvalue weighted by molar-refractivity contribution is 0.210. The van der Waals surface area contributed by atoms with Crippen molar-refractivity contribution in [2.75, 3.05) is 32.0 Å². The molecule has 0 aliphatic heterocycles. The molecule has 3 heteroatoms. The molecule has 1 aromatic rings. The smallest absolute Gasteiger partial charge is 0.0558 e. The van der Waals surface area contributed by atoms with Crippen LogP contribution in [0.5, 0.6) is 0 Å². The predicted molar refractivity (Wildman–Crippen MR) is 68.3 cm³/mol. The second-order valence-corrected chi connectivity index (χ2v) is 3.80. The zero-order chi connectivity index (χ0) is 11.8. The van der Waals surface area contributed by atoms with Crippen LogP contribution in [0.2, 0.25) is 0 Å². The first-order chi connectivity index (χ1) is 7.76. The van der Waals surface area contributed by atoms with Crippen LogP contribution in [0, 0.1) is 0 Å². The molecule has 3 N–H and O–H groups in total. The largest absolute Gasteiger partial charge is 0.399 e. The van der Waals surface area contributed by atoms with Crippen LogP contribution in [0.25, 0.3) is 0 Å². The van der Waals surface area contributed by atoms with Crippen molar-refractivity contribution in [3.05, 3.63) is 42.5 Å². The van der Waals surface area contributed by atoms with Gasteiger partial charge in [0.2, 0.25) is 0 Å². The maximum atomic E-state index is 8.90. The fourth-order valence-electron chi connectivity index (χ4n) is 1.59. The summed E-state index contributed by atoms with van der Waals surface area (Å²) < 4.78 is 0. The summed E-state index contributed by atoms with van der Waals surface area (Å²) in [6.45, 7) is 6.34. The van der Waals surface area contributed by atoms with Crippen molar-refractivity contribution in [3.63, 3.8) is 0 Å². The first kappa shape index (κ1) is 12.7. The lowest BCUT2D eigenvalue weighted by Crippen LogP contribution is -2.29. The molecule has 0 bridgehead atoms. The van der Waals surface area contributed by atoms with E-state index in [1.165, 1.54) is 5.56 Å². The quantitative estimate of drug-likeness (QED) is 0.538. The summed E-state index contributed by atoms with van der Waals surface area (Å²) in [4.78, 5) is 2.17. The Kier molecular flexibility index (Phi) is 5.61. The predicted octanol–water partition coefficient (Wildman–Crippen LogP) is 1.29. The number of rotatable bonds is 7. The van der Waals surface area contributed by atoms with E-state index in [0.29, 0.717) is 6.54 Å². The Balaban J connectivity index is 2.41. The number of benzene rings is 1. The average Bonchev–Trinajstić information content (AvgIpc) is 2.29. The summed E-state index contributed by atoms with van der Waals surface area (Å²) in [6, 6.07) is 7.92. The van der Waals surface area contributed by atoms with Gasteiger partial charge in [0.25, 0.3) is 0 Å². The number of aliphatic hydroxyl groups is 1. The number of nitrogen functional groups attached to an aromatic ring is 1. The minimum atomic E-state index is 0.190. The molecular formula is C13H20N2O. The summed E-state index contributed by atoms with van der Waals surface area (Å²) in [6.07, 6.45) is 2.83. The third-order valence-electron chi connectivity index (χ3n) is 2.50. The van der Waals surface area contributed by atoms with Crippen LogP contribution in [-0.2, 0) is 6.42 Å². The molecule has 0 spiro atoms. The van der Waals surface area contributed by atoms with Crippen molar-refractivity contribution >= 4 is 5.69 Å². The van der Waals surface area contributed by atoms with E-state index in [1.807, 2.05) is 30.3 Å². The number of hydrogen-bond donors (Lipinski definition) is 2. The SMILES string of the molecule is C=CCN(CCO)CCc1ccc(N)cc1. The van der Waals surface area contributed by atoms with Gasteiger partial charge in [0.1, 0.15) is 0 Å². The summed E-state index contributed by atoms with van der Waals surface area (Å²) in [7, 11) is 0. The molecular weight excluding hydrogens is 200 g/mol. The molecule has 0 amide bonds. The zero-order valence-electron chi connectivity index (χ0n) is 9.60. The van der Waals surface area contributed by atoms with Crippen molar-refractivity contribution in [1.82, 2.24) is 4.90 Å². The van der Waals surface area contributed by atoms with Gasteiger partial charge in [0.15, 0.2) is 0 Å². The van der Waals surface area contributed by atoms with Gasteiger partial charge in [-0.25, -0.2) is 0 Å². The molecule has 0 aliphatic carbocycles. The Labute approximate surface area is 97.2 Å². The van der Waals surface area contributed by atoms with Gasteiger partial charge in [-0.1, -0.05) is 18.2 Å². The monoisotopic (exact) mass is 220 g/mol. The molecule has 0 radical (unpaired) electrons. The molecule has 0 saturated heterocycles. The average molecular weight is 220 g/mol. The van der Waals surface area contributed by atoms with Crippen molar-refractivity contribution in [3.8, 4) is 0 Å². The maximum Gasteiger partial charge on any atom is 0.0558 e. The third-order valence-corrected chi connectivity index (χ3v) is 2.50. The second-order valence-electron chi connectivity index (χ2n) is 3.80. The molecule has 16 heavy (non-hydrogen) atoms. The second kappa shape index (κ2) is 7.04. The van der Waals surface area contributed by atoms with Crippen LogP contribution in [0.15, 0.2) is 36.9 Å². The number of anilines is 1. The van der Waals surface area contributed by atoms with Gasteiger partial charge in [-0.05, 0) is 24.1 Å². The Bertz CT molecular complexity index is 308. The molecule has 88 valence electrons. The van der Waals surface area contributed by atoms with E-state index in [-0.39, 0.29) is 6.61 Å². The fourth-order valence-corrected chi connectivity index (χ4v) is 1.59. The molecule has 0 saturated carbocycles. The minimum Gasteiger partial charge on any atom is -0.399 e. The van der Waals surface area contributed by atoms with E-state index < -0.39 is 0 Å². The van der Waals surface area contributed by atoms with Crippen molar-refractivity contribution in [2.45, 2.75) is 6.42 Å². The normalized spacial score (nSPS) is 10.6. The van der Waals surface area contributed by atoms with Crippen LogP contribution in [0.4, 0.5) is 5.69 Å². The molecule has 0 unspecified atom stereocenters. The van der Waals surface area contributed by atoms with Crippen molar-refractivity contribution in [2.24, 2.45) is 0 Å². The number of nitrogens with zero attached hydrogens (tertiary/aromatic N) is 1. The Morgan fingerprint density at radius 1 is 1.25 bits per heavy atom. The molecule has 1 rings (SSSR count). The molecule has 0 aliphatic rings. The van der Waals surface area contributed by atoms with Gasteiger partial charge in [-0.3, -0.25) is 4.90 Å². The summed E-state index contributed by atoms with van der Waals surface area (Å²) in [5.41, 5.74) is 7.68. The molecule has 0 atom stereocenters. The third kappa shape index (κ3) is 4.47. The zero-order valence-corrected chi connectivity index (χ0v) is 9.60. The Morgan fingerprint density at radius 2 is 1.94 bits per heavy atom. The standard InChI is InChI=1S/C13H20N2O/c1-2-8-15(10-11-16)9-7-12-3-5-13(14)6-4-12/h2-6,16H,1,7-11,14H2. The van der Waals surface area contributed by atoms with Gasteiger partial charge in [-0.2, -0.15) is 0 Å². The van der Waals surface area contributed by atoms with E-state index in [2.05, 4.69) is 11.5 Å². The summed E-state index contributed by atoms with van der Waals surface area (Å²) >= 11 is 0. The Hall–Kier alpha value is -1.32. The lowest BCUT2D eigenvalue weighted by atomic mass is 10.1. The topological polar surface area (TPSA) is 49.5 Å². The van der Waals surface area contributed by atoms with Crippen LogP contribution < -0.4 is 5.73 Å². The Morgan fingerprint density at radius 3 is 2.50 bits per heavy atom. The lowest BCUT2D eigenvalue weighted by Gasteiger charge is -2.19. The maximum absolute atomic E-state index is 8.90. The molecule has 0 heterocycles. The van der Waals surface area contributed by atoms with E-state index in [4.69, 9.17) is 10.8 Å². The van der Waals surface area contributed by atoms with Gasteiger partial charge in [-0.15, -0.1) is 6.58 Å². The first-order valence-corrected chi connectivity index (χ1v) is 5.55. The van der Waals surface area contributed by atoms with E-state index >= 15 is 0 Å². The number of hydrogen-bond acceptors (Lipinski definition) is 3. The van der Waals surface area contributed by atoms with Crippen molar-refractivity contribution < 1.29 is 5.11 Å². The van der Waals surface area contributed by atoms with Gasteiger partial charge < -0.3 is 10.8 Å². The van der Waals surface area contributed by atoms with Crippen molar-refractivity contribution in [1.29, 1.82) is 0 Å². The van der Waals surface area contributed by atoms with Crippen LogP contribution in [0.1, 0.15) is 5.56 Å². The fraction of sp³-hybridized carbons (Fsp3) is 0.385. The summed E-state index contributed by atoms with van der Waals surface area (Å²) in [5, 5.41) is 8.90. The van der Waals surface area contributed by atoms with Crippen LogP contribution in [-0.4, -0.2) is 36.2 Å². The highest BCUT2D eigenvalue weighted by atomic mass is 16.3. The molecule has 3 nitrogen and oxygen atoms in total. The molecule has 0 aromatic heterocycles. The number of nitrogens with two attached hydrogens (primary N) is 1. The molecule has 1 aromatic carbocycles. The van der Waals surface area contributed by atoms with Gasteiger partial charge in [0, 0.05) is 25.3 Å². The van der Waals surface area contributed by atoms with E-state index in [0.717, 1.165) is 25.2 Å². The highest BCUT2D eigenvalue weighted by molar-refractivity contribution is 5.39. The molecule has 0 fully saturated rings. The van der Waals surface area contributed by atoms with Gasteiger partial charge in [0.05, 0.1) is 6.61 Å². The first-order valence-electron chi connectivity index (χ1n) is 5.55.